The monoisotopic (exact) mass is 296 g/mol. The Morgan fingerprint density at radius 3 is 3.05 bits per heavy atom. The highest BCUT2D eigenvalue weighted by Crippen LogP contribution is 2.23. The first-order chi connectivity index (χ1) is 9.70. The number of ether oxygens (including phenoxy) is 1. The first kappa shape index (κ1) is 14.7. The molecule has 1 N–H and O–H groups in total. The van der Waals surface area contributed by atoms with Crippen molar-refractivity contribution in [3.8, 4) is 0 Å². The lowest BCUT2D eigenvalue weighted by molar-refractivity contribution is -0.146. The van der Waals surface area contributed by atoms with Crippen LogP contribution in [0.1, 0.15) is 32.6 Å². The van der Waals surface area contributed by atoms with Crippen molar-refractivity contribution in [1.29, 1.82) is 0 Å². The molecule has 0 aromatic carbocycles. The largest absolute Gasteiger partial charge is 0.465 e. The first-order valence-electron chi connectivity index (χ1n) is 6.69. The summed E-state index contributed by atoms with van der Waals surface area (Å²) in [5, 5.41) is 12.2. The number of hydrogen-bond acceptors (Lipinski definition) is 6. The normalized spacial score (nSPS) is 20.7. The van der Waals surface area contributed by atoms with Crippen molar-refractivity contribution < 1.29 is 9.53 Å². The van der Waals surface area contributed by atoms with Crippen LogP contribution in [0, 0.1) is 5.92 Å². The Bertz CT molecular complexity index is 490. The highest BCUT2D eigenvalue weighted by atomic mass is 35.5. The molecule has 20 heavy (non-hydrogen) atoms. The molecule has 1 aromatic heterocycles. The van der Waals surface area contributed by atoms with Crippen molar-refractivity contribution in [3.05, 3.63) is 17.3 Å². The van der Waals surface area contributed by atoms with Gasteiger partial charge in [-0.2, -0.15) is 5.10 Å². The molecule has 0 spiro atoms. The van der Waals surface area contributed by atoms with Crippen molar-refractivity contribution in [1.82, 2.24) is 10.2 Å². The summed E-state index contributed by atoms with van der Waals surface area (Å²) in [7, 11) is 0. The summed E-state index contributed by atoms with van der Waals surface area (Å²) in [6.45, 7) is 2.19. The van der Waals surface area contributed by atoms with Gasteiger partial charge >= 0.3 is 5.97 Å². The molecular formula is C13H17ClN4O2. The molecule has 0 aliphatic heterocycles. The SMILES string of the molecule is CCOC(=O)C1CCCC/C1=N/Nc1ccc(Cl)nn1. The summed E-state index contributed by atoms with van der Waals surface area (Å²) in [5.74, 6) is 0.0430. The average molecular weight is 297 g/mol. The maximum atomic E-state index is 11.9. The van der Waals surface area contributed by atoms with E-state index >= 15 is 0 Å². The molecule has 6 nitrogen and oxygen atoms in total. The molecule has 1 unspecified atom stereocenters. The molecule has 1 heterocycles. The van der Waals surface area contributed by atoms with Gasteiger partial charge in [0.2, 0.25) is 0 Å². The van der Waals surface area contributed by atoms with Gasteiger partial charge in [-0.15, -0.1) is 10.2 Å². The number of hydrazone groups is 1. The van der Waals surface area contributed by atoms with Crippen molar-refractivity contribution in [2.45, 2.75) is 32.6 Å². The Morgan fingerprint density at radius 2 is 2.35 bits per heavy atom. The summed E-state index contributed by atoms with van der Waals surface area (Å²) in [6, 6.07) is 3.31. The number of anilines is 1. The van der Waals surface area contributed by atoms with Crippen LogP contribution in [0.3, 0.4) is 0 Å². The van der Waals surface area contributed by atoms with E-state index in [4.69, 9.17) is 16.3 Å². The van der Waals surface area contributed by atoms with E-state index in [1.807, 2.05) is 0 Å². The lowest BCUT2D eigenvalue weighted by Crippen LogP contribution is -2.29. The Balaban J connectivity index is 2.05. The minimum Gasteiger partial charge on any atom is -0.465 e. The summed E-state index contributed by atoms with van der Waals surface area (Å²) >= 11 is 5.66. The molecule has 7 heteroatoms. The van der Waals surface area contributed by atoms with E-state index in [1.54, 1.807) is 19.1 Å². The zero-order valence-electron chi connectivity index (χ0n) is 11.3. The van der Waals surface area contributed by atoms with Gasteiger partial charge in [-0.1, -0.05) is 18.0 Å². The summed E-state index contributed by atoms with van der Waals surface area (Å²) in [4.78, 5) is 11.9. The maximum Gasteiger partial charge on any atom is 0.314 e. The highest BCUT2D eigenvalue weighted by molar-refractivity contribution is 6.29. The number of esters is 1. The van der Waals surface area contributed by atoms with Crippen LogP contribution in [0.15, 0.2) is 17.2 Å². The smallest absolute Gasteiger partial charge is 0.314 e. The topological polar surface area (TPSA) is 76.5 Å². The molecule has 1 aromatic rings. The van der Waals surface area contributed by atoms with E-state index in [9.17, 15) is 4.79 Å². The number of aromatic nitrogens is 2. The van der Waals surface area contributed by atoms with Crippen LogP contribution >= 0.6 is 11.6 Å². The first-order valence-corrected chi connectivity index (χ1v) is 7.07. The van der Waals surface area contributed by atoms with E-state index in [2.05, 4.69) is 20.7 Å². The molecule has 0 saturated heterocycles. The predicted molar refractivity (Wildman–Crippen MR) is 76.7 cm³/mol. The molecule has 1 saturated carbocycles. The molecule has 1 atom stereocenters. The van der Waals surface area contributed by atoms with Gasteiger partial charge in [-0.3, -0.25) is 10.2 Å². The number of hydrogen-bond donors (Lipinski definition) is 1. The number of carbonyl (C=O) groups excluding carboxylic acids is 1. The fraction of sp³-hybridized carbons (Fsp3) is 0.538. The van der Waals surface area contributed by atoms with Crippen molar-refractivity contribution in [3.63, 3.8) is 0 Å². The molecule has 108 valence electrons. The Morgan fingerprint density at radius 1 is 1.50 bits per heavy atom. The van der Waals surface area contributed by atoms with E-state index < -0.39 is 0 Å². The second-order valence-electron chi connectivity index (χ2n) is 4.51. The van der Waals surface area contributed by atoms with Crippen LogP contribution in [-0.4, -0.2) is 28.5 Å². The molecule has 2 rings (SSSR count). The van der Waals surface area contributed by atoms with E-state index in [0.29, 0.717) is 17.6 Å². The third-order valence-corrected chi connectivity index (χ3v) is 3.30. The van der Waals surface area contributed by atoms with Crippen LogP contribution in [0.25, 0.3) is 0 Å². The summed E-state index contributed by atoms with van der Waals surface area (Å²) in [5.41, 5.74) is 3.63. The maximum absolute atomic E-state index is 11.9. The van der Waals surface area contributed by atoms with Crippen molar-refractivity contribution >= 4 is 29.1 Å². The Labute approximate surface area is 122 Å². The quantitative estimate of drug-likeness (QED) is 0.683. The minimum absolute atomic E-state index is 0.199. The Kier molecular flexibility index (Phi) is 5.29. The van der Waals surface area contributed by atoms with Gasteiger partial charge in [0.05, 0.1) is 18.2 Å². The van der Waals surface area contributed by atoms with E-state index in [0.717, 1.165) is 31.4 Å². The van der Waals surface area contributed by atoms with Crippen LogP contribution in [0.2, 0.25) is 5.15 Å². The van der Waals surface area contributed by atoms with Gasteiger partial charge in [0.15, 0.2) is 11.0 Å². The molecule has 0 bridgehead atoms. The minimum atomic E-state index is -0.253. The van der Waals surface area contributed by atoms with Gasteiger partial charge in [0, 0.05) is 0 Å². The number of nitrogens with one attached hydrogen (secondary N) is 1. The van der Waals surface area contributed by atoms with Crippen LogP contribution in [0.4, 0.5) is 5.82 Å². The zero-order chi connectivity index (χ0) is 14.4. The fourth-order valence-electron chi connectivity index (χ4n) is 2.13. The molecule has 1 fully saturated rings. The zero-order valence-corrected chi connectivity index (χ0v) is 12.1. The highest BCUT2D eigenvalue weighted by Gasteiger charge is 2.28. The second kappa shape index (κ2) is 7.19. The number of rotatable bonds is 4. The lowest BCUT2D eigenvalue weighted by Gasteiger charge is -2.22. The number of carbonyl (C=O) groups is 1. The third-order valence-electron chi connectivity index (χ3n) is 3.10. The third kappa shape index (κ3) is 3.90. The van der Waals surface area contributed by atoms with Crippen molar-refractivity contribution in [2.75, 3.05) is 12.0 Å². The fourth-order valence-corrected chi connectivity index (χ4v) is 2.23. The van der Waals surface area contributed by atoms with Crippen LogP contribution < -0.4 is 5.43 Å². The van der Waals surface area contributed by atoms with Gasteiger partial charge in [-0.25, -0.2) is 0 Å². The number of halogens is 1. The standard InChI is InChI=1S/C13H17ClN4O2/c1-2-20-13(19)9-5-3-4-6-10(9)15-17-12-8-7-11(14)16-18-12/h7-9H,2-6H2,1H3,(H,17,18)/b15-10-. The molecule has 1 aliphatic carbocycles. The van der Waals surface area contributed by atoms with Crippen LogP contribution in [-0.2, 0) is 9.53 Å². The average Bonchev–Trinajstić information content (AvgIpc) is 2.47. The van der Waals surface area contributed by atoms with Gasteiger partial charge in [0.25, 0.3) is 0 Å². The van der Waals surface area contributed by atoms with Gasteiger partial charge < -0.3 is 4.74 Å². The molecule has 0 radical (unpaired) electrons. The Hall–Kier alpha value is -1.69. The van der Waals surface area contributed by atoms with Crippen LogP contribution in [0.5, 0.6) is 0 Å². The van der Waals surface area contributed by atoms with Crippen molar-refractivity contribution in [2.24, 2.45) is 11.0 Å². The predicted octanol–water partition coefficient (Wildman–Crippen LogP) is 2.65. The van der Waals surface area contributed by atoms with E-state index in [1.165, 1.54) is 0 Å². The van der Waals surface area contributed by atoms with E-state index in [-0.39, 0.29) is 11.9 Å². The molecular weight excluding hydrogens is 280 g/mol. The number of nitrogens with zero attached hydrogens (tertiary/aromatic N) is 3. The molecule has 0 amide bonds. The summed E-state index contributed by atoms with van der Waals surface area (Å²) < 4.78 is 5.09. The van der Waals surface area contributed by atoms with Gasteiger partial charge in [0.1, 0.15) is 0 Å². The summed E-state index contributed by atoms with van der Waals surface area (Å²) in [6.07, 6.45) is 3.62. The molecule has 1 aliphatic rings. The van der Waals surface area contributed by atoms with Gasteiger partial charge in [-0.05, 0) is 38.3 Å². The second-order valence-corrected chi connectivity index (χ2v) is 4.89. The lowest BCUT2D eigenvalue weighted by atomic mass is 9.87.